The van der Waals surface area contributed by atoms with Gasteiger partial charge in [0, 0.05) is 76.4 Å². The minimum Gasteiger partial charge on any atom is -0.744 e. The first-order valence-corrected chi connectivity index (χ1v) is 32.6. The van der Waals surface area contributed by atoms with Gasteiger partial charge in [-0.3, -0.25) is 14.4 Å². The monoisotopic (exact) mass is 1290 g/mol. The summed E-state index contributed by atoms with van der Waals surface area (Å²) in [6, 6.07) is 19.0. The van der Waals surface area contributed by atoms with Crippen molar-refractivity contribution in [2.45, 2.75) is 139 Å². The summed E-state index contributed by atoms with van der Waals surface area (Å²) in [4.78, 5) is 54.6. The SMILES string of the molecule is CCOc1cccc([C@H](CC(=O)O)NC(=O)Nc2c(OCCCCCCNC(=O)CCCCCN3C(=CC=CC=CC4=[N+](C)c5ccc(S(=O)(=O)[O-])cc5C4(C)C)C(C)(C)c4cc(S(=O)(=O)[O-])ccc43)c(C)cn(Cc3c(Cl)cccc3OCC)c2=O)c1.[Na+]. The fraction of sp³-hybridized carbons (Fsp3) is 0.400. The van der Waals surface area contributed by atoms with Crippen LogP contribution < -0.4 is 70.2 Å². The summed E-state index contributed by atoms with van der Waals surface area (Å²) in [7, 11) is -7.48. The number of aryl methyl sites for hydroxylation is 1. The number of aliphatic carboxylic acids is 1. The Morgan fingerprint density at radius 3 is 2.17 bits per heavy atom. The minimum atomic E-state index is -4.72. The number of carbonyl (C=O) groups excluding carboxylic acids is 2. The number of allylic oxidation sites excluding steroid dienone is 6. The zero-order valence-electron chi connectivity index (χ0n) is 51.9. The van der Waals surface area contributed by atoms with Crippen molar-refractivity contribution in [3.63, 3.8) is 0 Å². The normalized spacial score (nSPS) is 15.0. The molecule has 20 nitrogen and oxygen atoms in total. The van der Waals surface area contributed by atoms with E-state index in [-0.39, 0.29) is 69.8 Å². The van der Waals surface area contributed by atoms with E-state index in [1.807, 2.05) is 83.5 Å². The van der Waals surface area contributed by atoms with Gasteiger partial charge in [0.2, 0.25) is 11.6 Å². The molecule has 1 aromatic heterocycles. The van der Waals surface area contributed by atoms with Gasteiger partial charge in [0.1, 0.15) is 38.8 Å². The molecule has 0 fully saturated rings. The summed E-state index contributed by atoms with van der Waals surface area (Å²) < 4.78 is 92.8. The summed E-state index contributed by atoms with van der Waals surface area (Å²) >= 11 is 6.62. The molecule has 24 heteroatoms. The van der Waals surface area contributed by atoms with E-state index in [0.717, 1.165) is 47.6 Å². The predicted molar refractivity (Wildman–Crippen MR) is 337 cm³/mol. The zero-order valence-corrected chi connectivity index (χ0v) is 56.3. The molecule has 2 aliphatic heterocycles. The number of carboxylic acid groups (broad SMARTS) is 1. The summed E-state index contributed by atoms with van der Waals surface area (Å²) in [6.45, 7) is 15.3. The Balaban J connectivity index is 0.0000126. The van der Waals surface area contributed by atoms with E-state index in [4.69, 9.17) is 25.8 Å². The average Bonchev–Trinajstić information content (AvgIpc) is 1.81. The number of aromatic nitrogens is 1. The Hall–Kier alpha value is -6.76. The van der Waals surface area contributed by atoms with Gasteiger partial charge in [-0.15, -0.1) is 0 Å². The molecule has 0 aliphatic carbocycles. The number of carbonyl (C=O) groups is 3. The molecule has 4 aromatic carbocycles. The van der Waals surface area contributed by atoms with Gasteiger partial charge in [-0.25, -0.2) is 21.6 Å². The molecule has 0 saturated heterocycles. The van der Waals surface area contributed by atoms with Crippen LogP contribution >= 0.6 is 11.6 Å². The number of urea groups is 1. The van der Waals surface area contributed by atoms with Crippen LogP contribution in [0.4, 0.5) is 21.9 Å². The van der Waals surface area contributed by atoms with Crippen molar-refractivity contribution in [1.29, 1.82) is 0 Å². The van der Waals surface area contributed by atoms with E-state index in [1.54, 1.807) is 67.7 Å². The molecular formula is C65H78ClN6NaO14S2. The van der Waals surface area contributed by atoms with Gasteiger partial charge in [0.05, 0.1) is 54.0 Å². The third-order valence-corrected chi connectivity index (χ3v) is 17.7. The molecule has 0 bridgehead atoms. The molecule has 7 rings (SSSR count). The van der Waals surface area contributed by atoms with Crippen molar-refractivity contribution in [1.82, 2.24) is 15.2 Å². The topological polar surface area (TPSA) is 278 Å². The minimum absolute atomic E-state index is 0. The van der Waals surface area contributed by atoms with Crippen LogP contribution in [0.5, 0.6) is 17.2 Å². The van der Waals surface area contributed by atoms with Crippen LogP contribution in [0.15, 0.2) is 136 Å². The molecule has 0 spiro atoms. The van der Waals surface area contributed by atoms with Crippen LogP contribution in [-0.2, 0) is 47.2 Å². The van der Waals surface area contributed by atoms with Crippen LogP contribution in [0, 0.1) is 6.92 Å². The van der Waals surface area contributed by atoms with Crippen LogP contribution in [0.2, 0.25) is 5.02 Å². The summed E-state index contributed by atoms with van der Waals surface area (Å²) in [5, 5.41) is 18.6. The van der Waals surface area contributed by atoms with Gasteiger partial charge in [0.15, 0.2) is 17.1 Å². The van der Waals surface area contributed by atoms with Gasteiger partial charge in [0.25, 0.3) is 5.56 Å². The quantitative estimate of drug-likeness (QED) is 0.0112. The number of carboxylic acids is 1. The first-order chi connectivity index (χ1) is 41.7. The summed E-state index contributed by atoms with van der Waals surface area (Å²) in [5.74, 6) is -0.0634. The van der Waals surface area contributed by atoms with Crippen molar-refractivity contribution in [3.8, 4) is 17.2 Å². The van der Waals surface area contributed by atoms with E-state index in [2.05, 4.69) is 20.9 Å². The maximum Gasteiger partial charge on any atom is 1.00 e. The molecule has 1 atom stereocenters. The molecular weight excluding hydrogens is 1210 g/mol. The number of halogens is 1. The fourth-order valence-electron chi connectivity index (χ4n) is 11.3. The molecule has 4 N–H and O–H groups in total. The third-order valence-electron chi connectivity index (χ3n) is 15.7. The number of rotatable bonds is 30. The Morgan fingerprint density at radius 1 is 0.798 bits per heavy atom. The predicted octanol–water partition coefficient (Wildman–Crippen LogP) is 7.92. The van der Waals surface area contributed by atoms with Gasteiger partial charge in [-0.05, 0) is 132 Å². The van der Waals surface area contributed by atoms with Gasteiger partial charge in [-0.2, -0.15) is 4.58 Å². The van der Waals surface area contributed by atoms with Crippen LogP contribution in [0.3, 0.4) is 0 Å². The van der Waals surface area contributed by atoms with Gasteiger partial charge < -0.3 is 53.8 Å². The van der Waals surface area contributed by atoms with Crippen molar-refractivity contribution in [2.24, 2.45) is 0 Å². The fourth-order valence-corrected chi connectivity index (χ4v) is 12.5. The number of hydrogen-bond donors (Lipinski definition) is 4. The van der Waals surface area contributed by atoms with Crippen molar-refractivity contribution >= 4 is 72.5 Å². The number of nitrogens with one attached hydrogen (secondary N) is 3. The smallest absolute Gasteiger partial charge is 0.744 e. The molecule has 89 heavy (non-hydrogen) atoms. The first-order valence-electron chi connectivity index (χ1n) is 29.4. The molecule has 472 valence electrons. The number of hydrogen-bond acceptors (Lipinski definition) is 14. The van der Waals surface area contributed by atoms with Crippen molar-refractivity contribution in [2.75, 3.05) is 50.2 Å². The molecule has 0 radical (unpaired) electrons. The Labute approximate surface area is 548 Å². The van der Waals surface area contributed by atoms with Crippen LogP contribution in [0.25, 0.3) is 0 Å². The second kappa shape index (κ2) is 31.3. The van der Waals surface area contributed by atoms with Gasteiger partial charge >= 0.3 is 41.6 Å². The van der Waals surface area contributed by atoms with E-state index >= 15 is 0 Å². The second-order valence-electron chi connectivity index (χ2n) is 22.7. The number of fused-ring (bicyclic) bond motifs is 2. The van der Waals surface area contributed by atoms with Gasteiger partial charge in [-0.1, -0.05) is 81.1 Å². The van der Waals surface area contributed by atoms with Crippen molar-refractivity contribution in [3.05, 3.63) is 164 Å². The van der Waals surface area contributed by atoms with E-state index in [9.17, 15) is 50.2 Å². The number of nitrogens with zero attached hydrogens (tertiary/aromatic N) is 3. The summed E-state index contributed by atoms with van der Waals surface area (Å²) in [5.41, 5.74) is 4.34. The standard InChI is InChI=1S/C65H79ClN6O14S2.Na/c1-9-84-45-24-21-23-44(37-45)52(40-59(74)75)68-63(77)69-60-61(43(3)41-71(62(60)76)42-48-51(66)25-22-26-55(48)85-10-2)86-36-20-12-11-18-34-67-58(73)29-17-14-19-35-72-54-33-31-47(88(81,82)83)39-50(54)65(6,7)57(72)28-16-13-15-27-56-64(4,5)49-38-46(87(78,79)80)30-32-53(49)70(56)8;/h13,15-16,21-28,30-33,37-39,41,52H,9-12,14,17-20,29,34-36,40,42H2,1-8H3,(H5-,67,68,69,73,74,75,77,78,79,80,81,82,83);/q;+1/p-1/t52-;/m0./s1. The number of unbranched alkanes of at least 4 members (excludes halogenated alkanes) is 5. The molecule has 5 aromatic rings. The van der Waals surface area contributed by atoms with E-state index in [0.29, 0.717) is 97.2 Å². The molecule has 2 aliphatic rings. The number of benzene rings is 4. The number of anilines is 2. The zero-order chi connectivity index (χ0) is 64.1. The van der Waals surface area contributed by atoms with Crippen molar-refractivity contribution < 1.29 is 93.8 Å². The van der Waals surface area contributed by atoms with E-state index in [1.165, 1.54) is 28.8 Å². The maximum absolute atomic E-state index is 14.3. The number of amides is 3. The number of ether oxygens (including phenoxy) is 3. The van der Waals surface area contributed by atoms with E-state index < -0.39 is 61.1 Å². The largest absolute Gasteiger partial charge is 1.00 e. The maximum atomic E-state index is 14.3. The Kier molecular flexibility index (Phi) is 25.1. The second-order valence-corrected chi connectivity index (χ2v) is 25.9. The molecule has 3 amide bonds. The van der Waals surface area contributed by atoms with Crippen LogP contribution in [0.1, 0.15) is 133 Å². The number of pyridine rings is 1. The molecule has 3 heterocycles. The van der Waals surface area contributed by atoms with Crippen LogP contribution in [-0.4, -0.2) is 104 Å². The Bertz CT molecular complexity index is 3840. The third kappa shape index (κ3) is 18.0. The molecule has 0 saturated carbocycles. The average molecular weight is 1290 g/mol. The molecule has 0 unspecified atom stereocenters. The summed E-state index contributed by atoms with van der Waals surface area (Å²) in [6.07, 6.45) is 15.9. The first kappa shape index (κ1) is 71.3. The Morgan fingerprint density at radius 2 is 1.47 bits per heavy atom.